The van der Waals surface area contributed by atoms with Gasteiger partial charge in [0.15, 0.2) is 0 Å². The molecule has 20 heavy (non-hydrogen) atoms. The third-order valence-electron chi connectivity index (χ3n) is 3.51. The molecule has 1 aromatic carbocycles. The van der Waals surface area contributed by atoms with E-state index in [0.29, 0.717) is 29.8 Å². The second kappa shape index (κ2) is 7.50. The molecule has 1 N–H and O–H groups in total. The number of nitrogens with zero attached hydrogens (tertiary/aromatic N) is 1. The number of ether oxygens (including phenoxy) is 1. The Morgan fingerprint density at radius 3 is 3.05 bits per heavy atom. The lowest BCUT2D eigenvalue weighted by molar-refractivity contribution is -0.132. The molecule has 0 radical (unpaired) electrons. The van der Waals surface area contributed by atoms with Gasteiger partial charge in [0.1, 0.15) is 5.75 Å². The number of halogens is 1. The number of carbonyl (C=O) groups excluding carboxylic acids is 1. The largest absolute Gasteiger partial charge is 0.492 e. The summed E-state index contributed by atoms with van der Waals surface area (Å²) in [7, 11) is 1.79. The molecule has 2 rings (SSSR count). The van der Waals surface area contributed by atoms with Gasteiger partial charge in [0, 0.05) is 19.0 Å². The van der Waals surface area contributed by atoms with Crippen LogP contribution in [0.15, 0.2) is 24.3 Å². The van der Waals surface area contributed by atoms with Crippen LogP contribution in [0.2, 0.25) is 5.02 Å². The number of benzene rings is 1. The minimum atomic E-state index is 0.162. The fraction of sp³-hybridized carbons (Fsp3) is 0.533. The zero-order chi connectivity index (χ0) is 14.4. The fourth-order valence-electron chi connectivity index (χ4n) is 2.46. The Balaban J connectivity index is 1.84. The van der Waals surface area contributed by atoms with E-state index in [1.165, 1.54) is 0 Å². The van der Waals surface area contributed by atoms with Gasteiger partial charge in [-0.2, -0.15) is 0 Å². The van der Waals surface area contributed by atoms with Crippen molar-refractivity contribution in [3.63, 3.8) is 0 Å². The molecule has 1 aliphatic heterocycles. The lowest BCUT2D eigenvalue weighted by atomic mass is 9.99. The van der Waals surface area contributed by atoms with Crippen LogP contribution in [-0.2, 0) is 4.79 Å². The van der Waals surface area contributed by atoms with Crippen LogP contribution in [-0.4, -0.2) is 44.1 Å². The first-order valence-electron chi connectivity index (χ1n) is 7.00. The molecule has 1 saturated heterocycles. The van der Waals surface area contributed by atoms with E-state index in [1.54, 1.807) is 7.05 Å². The van der Waals surface area contributed by atoms with Crippen molar-refractivity contribution < 1.29 is 9.53 Å². The average Bonchev–Trinajstić information content (AvgIpc) is 2.47. The molecule has 5 heteroatoms. The summed E-state index contributed by atoms with van der Waals surface area (Å²) in [5.74, 6) is 1.25. The maximum absolute atomic E-state index is 11.9. The van der Waals surface area contributed by atoms with Gasteiger partial charge in [0.2, 0.25) is 5.91 Å². The lowest BCUT2D eigenvalue weighted by Gasteiger charge is -2.32. The SMILES string of the molecule is CNCC(=O)N1CCCC(COc2ccccc2Cl)C1. The Morgan fingerprint density at radius 1 is 1.50 bits per heavy atom. The minimum absolute atomic E-state index is 0.162. The molecule has 4 nitrogen and oxygen atoms in total. The van der Waals surface area contributed by atoms with Crippen molar-refractivity contribution >= 4 is 17.5 Å². The number of hydrogen-bond acceptors (Lipinski definition) is 3. The van der Waals surface area contributed by atoms with Gasteiger partial charge in [-0.1, -0.05) is 23.7 Å². The first-order chi connectivity index (χ1) is 9.70. The number of rotatable bonds is 5. The van der Waals surface area contributed by atoms with Crippen LogP contribution in [0.1, 0.15) is 12.8 Å². The van der Waals surface area contributed by atoms with Crippen LogP contribution in [0.25, 0.3) is 0 Å². The van der Waals surface area contributed by atoms with E-state index in [1.807, 2.05) is 29.2 Å². The molecular formula is C15H21ClN2O2. The molecule has 1 unspecified atom stereocenters. The first-order valence-corrected chi connectivity index (χ1v) is 7.38. The van der Waals surface area contributed by atoms with E-state index in [0.717, 1.165) is 25.9 Å². The van der Waals surface area contributed by atoms with Gasteiger partial charge in [-0.05, 0) is 32.0 Å². The molecule has 110 valence electrons. The molecule has 1 fully saturated rings. The smallest absolute Gasteiger partial charge is 0.236 e. The summed E-state index contributed by atoms with van der Waals surface area (Å²) in [6.07, 6.45) is 2.12. The summed E-state index contributed by atoms with van der Waals surface area (Å²) >= 11 is 6.06. The standard InChI is InChI=1S/C15H21ClN2O2/c1-17-9-15(19)18-8-4-5-12(10-18)11-20-14-7-3-2-6-13(14)16/h2-3,6-7,12,17H,4-5,8-11H2,1H3. The van der Waals surface area contributed by atoms with Gasteiger partial charge in [0.25, 0.3) is 0 Å². The van der Waals surface area contributed by atoms with Crippen LogP contribution < -0.4 is 10.1 Å². The number of para-hydroxylation sites is 1. The molecule has 0 saturated carbocycles. The molecule has 1 aliphatic rings. The molecule has 1 heterocycles. The molecule has 0 aromatic heterocycles. The fourth-order valence-corrected chi connectivity index (χ4v) is 2.65. The van der Waals surface area contributed by atoms with Crippen molar-refractivity contribution in [2.75, 3.05) is 33.3 Å². The highest BCUT2D eigenvalue weighted by Gasteiger charge is 2.23. The van der Waals surface area contributed by atoms with Crippen LogP contribution in [0.3, 0.4) is 0 Å². The molecule has 0 aliphatic carbocycles. The third kappa shape index (κ3) is 4.12. The number of hydrogen-bond donors (Lipinski definition) is 1. The topological polar surface area (TPSA) is 41.6 Å². The van der Waals surface area contributed by atoms with Gasteiger partial charge in [-0.25, -0.2) is 0 Å². The summed E-state index contributed by atoms with van der Waals surface area (Å²) in [5, 5.41) is 3.54. The summed E-state index contributed by atoms with van der Waals surface area (Å²) in [6, 6.07) is 7.48. The van der Waals surface area contributed by atoms with Crippen molar-refractivity contribution in [3.8, 4) is 5.75 Å². The Bertz CT molecular complexity index is 453. The highest BCUT2D eigenvalue weighted by molar-refractivity contribution is 6.32. The number of piperidine rings is 1. The van der Waals surface area contributed by atoms with E-state index in [9.17, 15) is 4.79 Å². The molecule has 0 spiro atoms. The number of amides is 1. The van der Waals surface area contributed by atoms with Crippen LogP contribution >= 0.6 is 11.6 Å². The van der Waals surface area contributed by atoms with Crippen molar-refractivity contribution in [3.05, 3.63) is 29.3 Å². The van der Waals surface area contributed by atoms with Gasteiger partial charge in [0.05, 0.1) is 18.2 Å². The summed E-state index contributed by atoms with van der Waals surface area (Å²) < 4.78 is 5.78. The average molecular weight is 297 g/mol. The molecule has 1 amide bonds. The van der Waals surface area contributed by atoms with Gasteiger partial charge < -0.3 is 15.0 Å². The van der Waals surface area contributed by atoms with Gasteiger partial charge in [-0.15, -0.1) is 0 Å². The number of likely N-dealkylation sites (N-methyl/N-ethyl adjacent to an activating group) is 1. The number of likely N-dealkylation sites (tertiary alicyclic amines) is 1. The minimum Gasteiger partial charge on any atom is -0.492 e. The van der Waals surface area contributed by atoms with Gasteiger partial charge in [-0.3, -0.25) is 4.79 Å². The molecule has 1 atom stereocenters. The summed E-state index contributed by atoms with van der Waals surface area (Å²) in [6.45, 7) is 2.62. The second-order valence-electron chi connectivity index (χ2n) is 5.12. The molecule has 0 bridgehead atoms. The molecular weight excluding hydrogens is 276 g/mol. The predicted molar refractivity (Wildman–Crippen MR) is 80.2 cm³/mol. The number of nitrogens with one attached hydrogen (secondary N) is 1. The second-order valence-corrected chi connectivity index (χ2v) is 5.53. The normalized spacial score (nSPS) is 18.9. The van der Waals surface area contributed by atoms with Crippen LogP contribution in [0, 0.1) is 5.92 Å². The molecule has 1 aromatic rings. The Morgan fingerprint density at radius 2 is 2.30 bits per heavy atom. The first kappa shape index (κ1) is 15.1. The Labute approximate surface area is 125 Å². The van der Waals surface area contributed by atoms with Crippen molar-refractivity contribution in [2.45, 2.75) is 12.8 Å². The quantitative estimate of drug-likeness (QED) is 0.905. The zero-order valence-electron chi connectivity index (χ0n) is 11.8. The Hall–Kier alpha value is -1.26. The predicted octanol–water partition coefficient (Wildman–Crippen LogP) is 2.18. The van der Waals surface area contributed by atoms with E-state index < -0.39 is 0 Å². The third-order valence-corrected chi connectivity index (χ3v) is 3.82. The van der Waals surface area contributed by atoms with Crippen molar-refractivity contribution in [1.82, 2.24) is 10.2 Å². The Kier molecular flexibility index (Phi) is 5.68. The monoisotopic (exact) mass is 296 g/mol. The van der Waals surface area contributed by atoms with E-state index in [-0.39, 0.29) is 5.91 Å². The van der Waals surface area contributed by atoms with E-state index in [4.69, 9.17) is 16.3 Å². The van der Waals surface area contributed by atoms with Crippen molar-refractivity contribution in [1.29, 1.82) is 0 Å². The van der Waals surface area contributed by atoms with Crippen LogP contribution in [0.5, 0.6) is 5.75 Å². The van der Waals surface area contributed by atoms with E-state index >= 15 is 0 Å². The highest BCUT2D eigenvalue weighted by Crippen LogP contribution is 2.25. The van der Waals surface area contributed by atoms with Gasteiger partial charge >= 0.3 is 0 Å². The maximum Gasteiger partial charge on any atom is 0.236 e. The van der Waals surface area contributed by atoms with Crippen molar-refractivity contribution in [2.24, 2.45) is 5.92 Å². The summed E-state index contributed by atoms with van der Waals surface area (Å²) in [4.78, 5) is 13.8. The highest BCUT2D eigenvalue weighted by atomic mass is 35.5. The zero-order valence-corrected chi connectivity index (χ0v) is 12.5. The number of carbonyl (C=O) groups is 1. The summed E-state index contributed by atoms with van der Waals surface area (Å²) in [5.41, 5.74) is 0. The maximum atomic E-state index is 11.9. The lowest BCUT2D eigenvalue weighted by Crippen LogP contribution is -2.44. The van der Waals surface area contributed by atoms with E-state index in [2.05, 4.69) is 5.32 Å². The van der Waals surface area contributed by atoms with Crippen LogP contribution in [0.4, 0.5) is 0 Å².